The highest BCUT2D eigenvalue weighted by atomic mass is 31.1. The number of rotatable bonds is 9. The van der Waals surface area contributed by atoms with Crippen molar-refractivity contribution < 1.29 is 23.3 Å². The zero-order valence-electron chi connectivity index (χ0n) is 15.2. The van der Waals surface area contributed by atoms with Crippen LogP contribution in [0.2, 0.25) is 0 Å². The molecule has 148 valence electrons. The number of fused-ring (bicyclic) bond motifs is 1. The molecule has 1 unspecified atom stereocenters. The van der Waals surface area contributed by atoms with Crippen molar-refractivity contribution in [1.82, 2.24) is 19.5 Å². The standard InChI is InChI=1S/C15H22FN6O4P/c1-15(16,11(23)9(25-3)6-26-27-24)22-7-18-10-12(21(2)8-4-5-8)19-14(17)20-13(10)22/h7-9,11,23H,4-6H2,1-3H3,(H2,17,19,20)/t9?,11-,15+/m1/s1. The second-order valence-electron chi connectivity index (χ2n) is 6.65. The first kappa shape index (κ1) is 19.8. The van der Waals surface area contributed by atoms with E-state index >= 15 is 4.39 Å². The number of aliphatic hydroxyl groups excluding tert-OH is 1. The van der Waals surface area contributed by atoms with E-state index in [2.05, 4.69) is 15.0 Å². The summed E-state index contributed by atoms with van der Waals surface area (Å²) in [5.74, 6) is -1.86. The number of nitrogen functional groups attached to an aromatic ring is 1. The van der Waals surface area contributed by atoms with Gasteiger partial charge in [-0.3, -0.25) is 9.09 Å². The highest BCUT2D eigenvalue weighted by molar-refractivity contribution is 7.17. The van der Waals surface area contributed by atoms with Gasteiger partial charge < -0.3 is 20.5 Å². The number of methoxy groups -OCH3 is 1. The van der Waals surface area contributed by atoms with Crippen LogP contribution in [0.3, 0.4) is 0 Å². The van der Waals surface area contributed by atoms with E-state index in [1.807, 2.05) is 11.9 Å². The number of hydrogen-bond donors (Lipinski definition) is 2. The van der Waals surface area contributed by atoms with Gasteiger partial charge in [0.25, 0.3) is 0 Å². The molecule has 3 atom stereocenters. The predicted molar refractivity (Wildman–Crippen MR) is 96.3 cm³/mol. The number of hydrogen-bond acceptors (Lipinski definition) is 9. The lowest BCUT2D eigenvalue weighted by Crippen LogP contribution is -2.47. The summed E-state index contributed by atoms with van der Waals surface area (Å²) in [5.41, 5.74) is 6.37. The lowest BCUT2D eigenvalue weighted by atomic mass is 10.0. The number of ether oxygens (including phenoxy) is 1. The molecule has 12 heteroatoms. The van der Waals surface area contributed by atoms with Crippen LogP contribution in [0.5, 0.6) is 0 Å². The topological polar surface area (TPSA) is 129 Å². The Morgan fingerprint density at radius 2 is 2.26 bits per heavy atom. The maximum atomic E-state index is 15.6. The Balaban J connectivity index is 2.01. The van der Waals surface area contributed by atoms with Crippen LogP contribution in [0.15, 0.2) is 6.33 Å². The number of anilines is 2. The van der Waals surface area contributed by atoms with E-state index in [0.717, 1.165) is 17.4 Å². The van der Waals surface area contributed by atoms with E-state index in [1.54, 1.807) is 0 Å². The van der Waals surface area contributed by atoms with Gasteiger partial charge in [0.05, 0.1) is 12.9 Å². The number of nitrogens with zero attached hydrogens (tertiary/aromatic N) is 5. The summed E-state index contributed by atoms with van der Waals surface area (Å²) in [7, 11) is 2.58. The van der Waals surface area contributed by atoms with Crippen molar-refractivity contribution >= 4 is 31.6 Å². The minimum absolute atomic E-state index is 0.0196. The Morgan fingerprint density at radius 3 is 2.85 bits per heavy atom. The smallest absolute Gasteiger partial charge is 0.327 e. The minimum atomic E-state index is -2.35. The predicted octanol–water partition coefficient (Wildman–Crippen LogP) is 1.25. The number of aliphatic hydroxyl groups is 1. The molecule has 27 heavy (non-hydrogen) atoms. The number of aromatic nitrogens is 4. The molecule has 0 bridgehead atoms. The number of halogens is 1. The van der Waals surface area contributed by atoms with Gasteiger partial charge >= 0.3 is 8.69 Å². The van der Waals surface area contributed by atoms with Crippen LogP contribution in [0.1, 0.15) is 19.8 Å². The van der Waals surface area contributed by atoms with Crippen molar-refractivity contribution in [3.05, 3.63) is 6.33 Å². The van der Waals surface area contributed by atoms with E-state index in [4.69, 9.17) is 15.0 Å². The molecule has 1 fully saturated rings. The third-order valence-electron chi connectivity index (χ3n) is 4.78. The van der Waals surface area contributed by atoms with Crippen molar-refractivity contribution in [3.63, 3.8) is 0 Å². The summed E-state index contributed by atoms with van der Waals surface area (Å²) < 4.78 is 37.0. The Labute approximate surface area is 156 Å². The molecule has 0 radical (unpaired) electrons. The first-order valence-corrected chi connectivity index (χ1v) is 9.12. The Kier molecular flexibility index (Phi) is 5.57. The van der Waals surface area contributed by atoms with Gasteiger partial charge in [-0.25, -0.2) is 13.9 Å². The normalized spacial score (nSPS) is 19.1. The zero-order valence-corrected chi connectivity index (χ0v) is 16.1. The summed E-state index contributed by atoms with van der Waals surface area (Å²) in [6.07, 6.45) is 0.605. The lowest BCUT2D eigenvalue weighted by Gasteiger charge is -2.32. The molecule has 0 saturated heterocycles. The monoisotopic (exact) mass is 400 g/mol. The fourth-order valence-corrected chi connectivity index (χ4v) is 3.18. The molecule has 3 rings (SSSR count). The van der Waals surface area contributed by atoms with Crippen LogP contribution < -0.4 is 10.6 Å². The summed E-state index contributed by atoms with van der Waals surface area (Å²) in [4.78, 5) is 14.6. The van der Waals surface area contributed by atoms with Crippen molar-refractivity contribution in [2.45, 2.75) is 43.8 Å². The third-order valence-corrected chi connectivity index (χ3v) is 5.04. The summed E-state index contributed by atoms with van der Waals surface area (Å²) in [5, 5.41) is 10.5. The fraction of sp³-hybridized carbons (Fsp3) is 0.667. The van der Waals surface area contributed by atoms with Crippen LogP contribution in [0.25, 0.3) is 11.2 Å². The van der Waals surface area contributed by atoms with Gasteiger partial charge in [-0.2, -0.15) is 9.97 Å². The average molecular weight is 400 g/mol. The maximum Gasteiger partial charge on any atom is 0.327 e. The molecule has 1 aliphatic carbocycles. The van der Waals surface area contributed by atoms with Gasteiger partial charge in [-0.05, 0) is 19.8 Å². The van der Waals surface area contributed by atoms with E-state index in [1.165, 1.54) is 20.4 Å². The van der Waals surface area contributed by atoms with E-state index in [-0.39, 0.29) is 18.2 Å². The number of alkyl halides is 1. The van der Waals surface area contributed by atoms with Gasteiger partial charge in [0.15, 0.2) is 17.0 Å². The quantitative estimate of drug-likeness (QED) is 0.598. The average Bonchev–Trinajstić information content (AvgIpc) is 3.40. The summed E-state index contributed by atoms with van der Waals surface area (Å²) >= 11 is 0. The van der Waals surface area contributed by atoms with E-state index in [0.29, 0.717) is 17.4 Å². The van der Waals surface area contributed by atoms with Crippen LogP contribution in [0, 0.1) is 0 Å². The largest absolute Gasteiger partial charge is 0.385 e. The molecule has 2 aromatic heterocycles. The molecule has 0 aliphatic heterocycles. The first-order valence-electron chi connectivity index (χ1n) is 8.39. The van der Waals surface area contributed by atoms with E-state index in [9.17, 15) is 9.67 Å². The van der Waals surface area contributed by atoms with Gasteiger partial charge in [-0.15, -0.1) is 0 Å². The van der Waals surface area contributed by atoms with Crippen LogP contribution >= 0.6 is 8.69 Å². The summed E-state index contributed by atoms with van der Waals surface area (Å²) in [6, 6.07) is 0.344. The Bertz CT molecular complexity index is 830. The molecule has 0 amide bonds. The fourth-order valence-electron chi connectivity index (χ4n) is 2.98. The molecular weight excluding hydrogens is 378 g/mol. The van der Waals surface area contributed by atoms with Crippen molar-refractivity contribution in [1.29, 1.82) is 0 Å². The Morgan fingerprint density at radius 1 is 1.56 bits per heavy atom. The highest BCUT2D eigenvalue weighted by Crippen LogP contribution is 2.35. The number of imidazole rings is 1. The molecule has 3 N–H and O–H groups in total. The molecule has 2 heterocycles. The SMILES string of the molecule is COC(COP=O)[C@@H](O)[C@@](C)(F)n1cnc2c(N(C)C3CC3)nc(N)nc21. The number of nitrogens with two attached hydrogens (primary N) is 1. The maximum absolute atomic E-state index is 15.6. The molecule has 2 aromatic rings. The molecule has 1 saturated carbocycles. The Hall–Kier alpha value is -1.94. The molecule has 0 spiro atoms. The van der Waals surface area contributed by atoms with Crippen molar-refractivity contribution in [3.8, 4) is 0 Å². The van der Waals surface area contributed by atoms with Crippen LogP contribution in [0.4, 0.5) is 16.2 Å². The lowest BCUT2D eigenvalue weighted by molar-refractivity contribution is -0.132. The minimum Gasteiger partial charge on any atom is -0.385 e. The molecule has 1 aliphatic rings. The third kappa shape index (κ3) is 3.73. The molecule has 10 nitrogen and oxygen atoms in total. The molecule has 0 aromatic carbocycles. The van der Waals surface area contributed by atoms with Crippen molar-refractivity contribution in [2.24, 2.45) is 0 Å². The van der Waals surface area contributed by atoms with Gasteiger partial charge in [0, 0.05) is 20.2 Å². The second-order valence-corrected chi connectivity index (χ2v) is 7.05. The van der Waals surface area contributed by atoms with Gasteiger partial charge in [0.1, 0.15) is 12.2 Å². The van der Waals surface area contributed by atoms with E-state index < -0.39 is 26.7 Å². The highest BCUT2D eigenvalue weighted by Gasteiger charge is 2.42. The molecular formula is C15H22FN6O4P. The van der Waals surface area contributed by atoms with Gasteiger partial charge in [0.2, 0.25) is 11.7 Å². The van der Waals surface area contributed by atoms with Crippen LogP contribution in [-0.4, -0.2) is 63.6 Å². The summed E-state index contributed by atoms with van der Waals surface area (Å²) in [6.45, 7) is 0.907. The second kappa shape index (κ2) is 7.59. The van der Waals surface area contributed by atoms with Crippen molar-refractivity contribution in [2.75, 3.05) is 31.4 Å². The zero-order chi connectivity index (χ0) is 19.8. The van der Waals surface area contributed by atoms with Gasteiger partial charge in [-0.1, -0.05) is 0 Å². The van der Waals surface area contributed by atoms with Crippen LogP contribution in [-0.2, 0) is 19.6 Å². The first-order chi connectivity index (χ1) is 12.8.